The molecule has 0 amide bonds. The van der Waals surface area contributed by atoms with Crippen LogP contribution in [0.1, 0.15) is 0 Å². The number of benzene rings is 8. The first-order valence-corrected chi connectivity index (χ1v) is 20.2. The van der Waals surface area contributed by atoms with E-state index in [0.717, 1.165) is 72.3 Å². The van der Waals surface area contributed by atoms with Crippen LogP contribution in [-0.2, 0) is 0 Å². The molecule has 8 aromatic carbocycles. The molecule has 3 aromatic heterocycles. The van der Waals surface area contributed by atoms with Gasteiger partial charge in [0.25, 0.3) is 0 Å². The van der Waals surface area contributed by atoms with Crippen molar-refractivity contribution in [1.29, 1.82) is 0 Å². The zero-order chi connectivity index (χ0) is 39.8. The van der Waals surface area contributed by atoms with Crippen molar-refractivity contribution in [3.63, 3.8) is 0 Å². The van der Waals surface area contributed by atoms with Crippen molar-refractivity contribution in [2.24, 2.45) is 0 Å². The fourth-order valence-corrected chi connectivity index (χ4v) is 8.53. The predicted molar refractivity (Wildman–Crippen MR) is 246 cm³/mol. The Morgan fingerprint density at radius 1 is 0.267 bits per heavy atom. The number of hydrogen-bond acceptors (Lipinski definition) is 3. The van der Waals surface area contributed by atoms with E-state index in [1.807, 2.05) is 36.4 Å². The summed E-state index contributed by atoms with van der Waals surface area (Å²) in [6.45, 7) is 0. The molecule has 0 bridgehead atoms. The highest BCUT2D eigenvalue weighted by molar-refractivity contribution is 6.16. The number of rotatable bonds is 8. The molecule has 0 aliphatic rings. The molecule has 0 N–H and O–H groups in total. The first kappa shape index (κ1) is 35.0. The molecular formula is C55H37N5. The van der Waals surface area contributed by atoms with Crippen molar-refractivity contribution >= 4 is 21.8 Å². The van der Waals surface area contributed by atoms with Gasteiger partial charge < -0.3 is 4.57 Å². The summed E-state index contributed by atoms with van der Waals surface area (Å²) in [6, 6.07) is 78.7. The van der Waals surface area contributed by atoms with Crippen LogP contribution in [0.2, 0.25) is 0 Å². The van der Waals surface area contributed by atoms with Crippen LogP contribution in [0.3, 0.4) is 0 Å². The molecule has 3 heterocycles. The largest absolute Gasteiger partial charge is 0.309 e. The molecule has 60 heavy (non-hydrogen) atoms. The highest BCUT2D eigenvalue weighted by Crippen LogP contribution is 2.50. The Morgan fingerprint density at radius 2 is 0.617 bits per heavy atom. The second kappa shape index (κ2) is 15.0. The van der Waals surface area contributed by atoms with E-state index in [-0.39, 0.29) is 0 Å². The van der Waals surface area contributed by atoms with Gasteiger partial charge in [-0.1, -0.05) is 200 Å². The fourth-order valence-electron chi connectivity index (χ4n) is 8.53. The summed E-state index contributed by atoms with van der Waals surface area (Å²) in [5.41, 5.74) is 13.9. The lowest BCUT2D eigenvalue weighted by Gasteiger charge is -2.16. The number of nitrogens with zero attached hydrogens (tertiary/aromatic N) is 5. The lowest BCUT2D eigenvalue weighted by Crippen LogP contribution is -2.08. The van der Waals surface area contributed by atoms with Crippen LogP contribution in [0, 0.1) is 0 Å². The number of aromatic nitrogens is 5. The van der Waals surface area contributed by atoms with Gasteiger partial charge >= 0.3 is 0 Å². The maximum absolute atomic E-state index is 5.31. The van der Waals surface area contributed by atoms with Crippen LogP contribution in [0.5, 0.6) is 0 Å². The van der Waals surface area contributed by atoms with Crippen LogP contribution in [0.25, 0.3) is 101 Å². The lowest BCUT2D eigenvalue weighted by molar-refractivity contribution is 0.938. The van der Waals surface area contributed by atoms with E-state index in [1.54, 1.807) is 0 Å². The van der Waals surface area contributed by atoms with Gasteiger partial charge in [0.1, 0.15) is 0 Å². The van der Waals surface area contributed by atoms with Gasteiger partial charge in [0.2, 0.25) is 5.95 Å². The molecule has 0 saturated heterocycles. The van der Waals surface area contributed by atoms with E-state index in [1.165, 1.54) is 11.1 Å². The summed E-state index contributed by atoms with van der Waals surface area (Å²) in [5.74, 6) is 1.77. The van der Waals surface area contributed by atoms with Crippen molar-refractivity contribution in [2.45, 2.75) is 0 Å². The number of para-hydroxylation sites is 2. The summed E-state index contributed by atoms with van der Waals surface area (Å²) >= 11 is 0. The van der Waals surface area contributed by atoms with Gasteiger partial charge in [0.15, 0.2) is 11.6 Å². The Kier molecular flexibility index (Phi) is 8.75. The molecule has 11 aromatic rings. The van der Waals surface area contributed by atoms with Crippen LogP contribution in [0.4, 0.5) is 0 Å². The van der Waals surface area contributed by atoms with Crippen molar-refractivity contribution < 1.29 is 0 Å². The Morgan fingerprint density at radius 3 is 1.08 bits per heavy atom. The SMILES string of the molecule is c1ccc(-c2ccc(-n3c(-c4ccccc4)c(-c4c(-c5ccccc5)n(-c5nc(-c6ccccc6)nc(-c6ccccc6)n5)c5ccccc45)c4ccccc43)cc2)cc1. The quantitative estimate of drug-likeness (QED) is 0.155. The zero-order valence-corrected chi connectivity index (χ0v) is 32.6. The molecule has 0 unspecified atom stereocenters. The van der Waals surface area contributed by atoms with E-state index < -0.39 is 0 Å². The van der Waals surface area contributed by atoms with Gasteiger partial charge in [-0.2, -0.15) is 9.97 Å². The molecule has 282 valence electrons. The van der Waals surface area contributed by atoms with Crippen molar-refractivity contribution in [3.05, 3.63) is 224 Å². The van der Waals surface area contributed by atoms with Crippen molar-refractivity contribution in [2.75, 3.05) is 0 Å². The molecule has 0 atom stereocenters. The number of hydrogen-bond donors (Lipinski definition) is 0. The smallest absolute Gasteiger partial charge is 0.238 e. The van der Waals surface area contributed by atoms with E-state index in [0.29, 0.717) is 17.6 Å². The minimum Gasteiger partial charge on any atom is -0.309 e. The molecule has 0 saturated carbocycles. The van der Waals surface area contributed by atoms with Gasteiger partial charge in [-0.15, -0.1) is 0 Å². The standard InChI is InChI=1S/C55H37N5/c1-6-20-38(21-7-1)39-34-36-44(37-35-39)59-47-32-18-16-30-45(47)49(51(59)40-22-8-2-9-23-40)50-46-31-17-19-33-48(46)60(52(50)41-24-10-3-11-25-41)55-57-53(42-26-12-4-13-27-42)56-54(58-55)43-28-14-5-15-29-43/h1-37H. The molecule has 0 spiro atoms. The molecule has 0 aliphatic heterocycles. The van der Waals surface area contributed by atoms with Gasteiger partial charge in [-0.05, 0) is 46.5 Å². The first-order chi connectivity index (χ1) is 29.8. The van der Waals surface area contributed by atoms with Gasteiger partial charge in [-0.25, -0.2) is 4.98 Å². The molecule has 0 radical (unpaired) electrons. The maximum atomic E-state index is 5.31. The third kappa shape index (κ3) is 6.08. The number of fused-ring (bicyclic) bond motifs is 2. The van der Waals surface area contributed by atoms with E-state index in [2.05, 4.69) is 197 Å². The second-order valence-corrected chi connectivity index (χ2v) is 14.8. The molecule has 11 rings (SSSR count). The second-order valence-electron chi connectivity index (χ2n) is 14.8. The van der Waals surface area contributed by atoms with Crippen LogP contribution in [0.15, 0.2) is 224 Å². The van der Waals surface area contributed by atoms with Gasteiger partial charge in [0, 0.05) is 38.7 Å². The highest BCUT2D eigenvalue weighted by atomic mass is 15.2. The van der Waals surface area contributed by atoms with E-state index in [9.17, 15) is 0 Å². The van der Waals surface area contributed by atoms with Crippen molar-refractivity contribution in [1.82, 2.24) is 24.1 Å². The molecule has 0 aliphatic carbocycles. The Hall–Kier alpha value is -8.15. The molecule has 0 fully saturated rings. The van der Waals surface area contributed by atoms with Crippen molar-refractivity contribution in [3.8, 4) is 79.2 Å². The summed E-state index contributed by atoms with van der Waals surface area (Å²) in [7, 11) is 0. The van der Waals surface area contributed by atoms with Crippen LogP contribution >= 0.6 is 0 Å². The summed E-state index contributed by atoms with van der Waals surface area (Å²) in [5, 5.41) is 2.24. The molecule has 5 nitrogen and oxygen atoms in total. The van der Waals surface area contributed by atoms with Crippen LogP contribution in [-0.4, -0.2) is 24.1 Å². The Labute approximate surface area is 348 Å². The van der Waals surface area contributed by atoms with E-state index >= 15 is 0 Å². The zero-order valence-electron chi connectivity index (χ0n) is 32.6. The predicted octanol–water partition coefficient (Wildman–Crippen LogP) is 13.8. The molecular weight excluding hydrogens is 731 g/mol. The van der Waals surface area contributed by atoms with Gasteiger partial charge in [-0.3, -0.25) is 4.57 Å². The van der Waals surface area contributed by atoms with Gasteiger partial charge in [0.05, 0.1) is 22.4 Å². The fraction of sp³-hybridized carbons (Fsp3) is 0. The third-order valence-electron chi connectivity index (χ3n) is 11.2. The summed E-state index contributed by atoms with van der Waals surface area (Å²) in [6.07, 6.45) is 0. The Balaban J connectivity index is 1.26. The molecule has 5 heteroatoms. The lowest BCUT2D eigenvalue weighted by atomic mass is 9.93. The topological polar surface area (TPSA) is 48.5 Å². The average molecular weight is 768 g/mol. The highest BCUT2D eigenvalue weighted by Gasteiger charge is 2.30. The summed E-state index contributed by atoms with van der Waals surface area (Å²) < 4.78 is 4.68. The average Bonchev–Trinajstić information content (AvgIpc) is 3.86. The normalized spacial score (nSPS) is 11.3. The first-order valence-electron chi connectivity index (χ1n) is 20.2. The van der Waals surface area contributed by atoms with E-state index in [4.69, 9.17) is 15.0 Å². The van der Waals surface area contributed by atoms with Crippen LogP contribution < -0.4 is 0 Å². The Bertz CT molecular complexity index is 3210. The minimum absolute atomic E-state index is 0.547. The third-order valence-corrected chi connectivity index (χ3v) is 11.2. The monoisotopic (exact) mass is 767 g/mol. The minimum atomic E-state index is 0.547. The summed E-state index contributed by atoms with van der Waals surface area (Å²) in [4.78, 5) is 15.7. The maximum Gasteiger partial charge on any atom is 0.238 e.